The molecule has 1 atom stereocenters. The summed E-state index contributed by atoms with van der Waals surface area (Å²) in [5, 5.41) is 0.515. The highest BCUT2D eigenvalue weighted by molar-refractivity contribution is 9.10. The molecule has 0 aliphatic heterocycles. The first-order valence-electron chi connectivity index (χ1n) is 5.56. The summed E-state index contributed by atoms with van der Waals surface area (Å²) in [6.07, 6.45) is 0. The van der Waals surface area contributed by atoms with Gasteiger partial charge in [0.25, 0.3) is 0 Å². The van der Waals surface area contributed by atoms with E-state index in [9.17, 15) is 9.59 Å². The van der Waals surface area contributed by atoms with Crippen LogP contribution < -0.4 is 0 Å². The van der Waals surface area contributed by atoms with Gasteiger partial charge in [-0.25, -0.2) is 4.79 Å². The Morgan fingerprint density at radius 3 is 2.56 bits per heavy atom. The molecule has 0 aliphatic carbocycles. The van der Waals surface area contributed by atoms with E-state index in [1.54, 1.807) is 26.0 Å². The van der Waals surface area contributed by atoms with Crippen LogP contribution in [0.4, 0.5) is 0 Å². The van der Waals surface area contributed by atoms with Crippen molar-refractivity contribution in [1.29, 1.82) is 0 Å². The maximum atomic E-state index is 12.2. The highest BCUT2D eigenvalue weighted by Gasteiger charge is 2.23. The van der Waals surface area contributed by atoms with Gasteiger partial charge in [-0.3, -0.25) is 4.79 Å². The van der Waals surface area contributed by atoms with Crippen LogP contribution in [0.25, 0.3) is 0 Å². The molecule has 98 valence electrons. The van der Waals surface area contributed by atoms with Gasteiger partial charge in [0.2, 0.25) is 0 Å². The second-order valence-corrected chi connectivity index (χ2v) is 5.61. The van der Waals surface area contributed by atoms with Crippen LogP contribution in [0.2, 0.25) is 0 Å². The summed E-state index contributed by atoms with van der Waals surface area (Å²) >= 11 is 6.57. The molecule has 0 amide bonds. The highest BCUT2D eigenvalue weighted by atomic mass is 79.9. The molecule has 0 fully saturated rings. The van der Waals surface area contributed by atoms with Gasteiger partial charge in [-0.2, -0.15) is 0 Å². The number of esters is 1. The first-order valence-corrected chi connectivity index (χ1v) is 7.59. The number of Topliss-reactive ketones (excluding diaryl/α,β-unsaturated/α-hetero) is 1. The van der Waals surface area contributed by atoms with Gasteiger partial charge < -0.3 is 4.74 Å². The monoisotopic (exact) mass is 376 g/mol. The largest absolute Gasteiger partial charge is 0.462 e. The van der Waals surface area contributed by atoms with Crippen molar-refractivity contribution in [3.8, 4) is 0 Å². The number of ether oxygens (including phenoxy) is 1. The fraction of sp³-hybridized carbons (Fsp3) is 0.385. The van der Waals surface area contributed by atoms with Crippen LogP contribution in [0.1, 0.15) is 40.1 Å². The van der Waals surface area contributed by atoms with E-state index in [0.717, 1.165) is 5.56 Å². The molecule has 0 heterocycles. The third kappa shape index (κ3) is 3.42. The van der Waals surface area contributed by atoms with E-state index >= 15 is 0 Å². The fourth-order valence-corrected chi connectivity index (χ4v) is 2.28. The zero-order valence-corrected chi connectivity index (χ0v) is 13.4. The molecule has 0 saturated heterocycles. The number of carbonyl (C=O) groups excluding carboxylic acids is 2. The molecule has 0 bridgehead atoms. The van der Waals surface area contributed by atoms with E-state index in [4.69, 9.17) is 4.74 Å². The Hall–Kier alpha value is -0.680. The van der Waals surface area contributed by atoms with Crippen molar-refractivity contribution in [2.24, 2.45) is 0 Å². The van der Waals surface area contributed by atoms with E-state index in [2.05, 4.69) is 31.9 Å². The lowest BCUT2D eigenvalue weighted by Crippen LogP contribution is -2.18. The molecule has 1 aromatic carbocycles. The summed E-state index contributed by atoms with van der Waals surface area (Å²) in [6, 6.07) is 5.19. The van der Waals surface area contributed by atoms with Crippen LogP contribution in [0, 0.1) is 0 Å². The molecule has 18 heavy (non-hydrogen) atoms. The summed E-state index contributed by atoms with van der Waals surface area (Å²) in [5.74, 6) is -0.579. The number of halogens is 2. The van der Waals surface area contributed by atoms with E-state index < -0.39 is 5.97 Å². The maximum absolute atomic E-state index is 12.2. The third-order valence-corrected chi connectivity index (χ3v) is 3.42. The van der Waals surface area contributed by atoms with Gasteiger partial charge in [-0.1, -0.05) is 44.0 Å². The van der Waals surface area contributed by atoms with Crippen LogP contribution in [-0.2, 0) is 10.1 Å². The Kier molecular flexibility index (Phi) is 6.02. The summed E-state index contributed by atoms with van der Waals surface area (Å²) in [7, 11) is 0. The van der Waals surface area contributed by atoms with E-state index in [0.29, 0.717) is 16.5 Å². The number of hydrogen-bond donors (Lipinski definition) is 0. The Morgan fingerprint density at radius 1 is 1.39 bits per heavy atom. The lowest BCUT2D eigenvalue weighted by molar-refractivity contribution is 0.0523. The van der Waals surface area contributed by atoms with Crippen LogP contribution in [0.5, 0.6) is 0 Å². The second kappa shape index (κ2) is 7.04. The Morgan fingerprint density at radius 2 is 2.06 bits per heavy atom. The molecule has 0 spiro atoms. The van der Waals surface area contributed by atoms with Crippen LogP contribution in [0.15, 0.2) is 18.2 Å². The van der Waals surface area contributed by atoms with Gasteiger partial charge in [0.1, 0.15) is 0 Å². The first kappa shape index (κ1) is 15.4. The van der Waals surface area contributed by atoms with Gasteiger partial charge >= 0.3 is 5.97 Å². The lowest BCUT2D eigenvalue weighted by Gasteiger charge is -2.13. The van der Waals surface area contributed by atoms with Gasteiger partial charge in [0, 0.05) is 10.9 Å². The molecule has 1 rings (SSSR count). The molecule has 0 radical (unpaired) electrons. The van der Waals surface area contributed by atoms with Crippen molar-refractivity contribution in [3.05, 3.63) is 34.9 Å². The molecule has 1 unspecified atom stereocenters. The van der Waals surface area contributed by atoms with Crippen molar-refractivity contribution in [2.45, 2.75) is 24.0 Å². The van der Waals surface area contributed by atoms with Crippen LogP contribution in [0.3, 0.4) is 0 Å². The summed E-state index contributed by atoms with van der Waals surface area (Å²) in [6.45, 7) is 3.76. The third-order valence-electron chi connectivity index (χ3n) is 2.40. The molecular weight excluding hydrogens is 364 g/mol. The summed E-state index contributed by atoms with van der Waals surface area (Å²) in [4.78, 5) is 23.7. The van der Waals surface area contributed by atoms with Crippen molar-refractivity contribution in [2.75, 3.05) is 6.61 Å². The number of carbonyl (C=O) groups is 2. The molecule has 0 aliphatic rings. The van der Waals surface area contributed by atoms with Gasteiger partial charge in [-0.05, 0) is 25.5 Å². The Bertz CT molecular complexity index is 456. The highest BCUT2D eigenvalue weighted by Crippen LogP contribution is 2.22. The Balaban J connectivity index is 3.33. The predicted octanol–water partition coefficient (Wildman–Crippen LogP) is 3.72. The standard InChI is InChI=1S/C13H14Br2O3/c1-3-18-13(17)10-6-4-5-9(7-14)11(10)12(16)8(2)15/h4-6,8H,3,7H2,1-2H3. The van der Waals surface area contributed by atoms with E-state index in [1.807, 2.05) is 6.07 Å². The molecule has 3 nitrogen and oxygen atoms in total. The first-order chi connectivity index (χ1) is 8.52. The average Bonchev–Trinajstić information content (AvgIpc) is 2.37. The molecule has 1 aromatic rings. The fourth-order valence-electron chi connectivity index (χ4n) is 1.58. The SMILES string of the molecule is CCOC(=O)c1cccc(CBr)c1C(=O)C(C)Br. The van der Waals surface area contributed by atoms with E-state index in [1.165, 1.54) is 0 Å². The quantitative estimate of drug-likeness (QED) is 0.446. The van der Waals surface area contributed by atoms with Crippen molar-refractivity contribution >= 4 is 43.6 Å². The predicted molar refractivity (Wildman–Crippen MR) is 77.7 cm³/mol. The number of ketones is 1. The minimum atomic E-state index is -0.461. The molecule has 0 saturated carbocycles. The molecule has 5 heteroatoms. The smallest absolute Gasteiger partial charge is 0.338 e. The minimum absolute atomic E-state index is 0.117. The summed E-state index contributed by atoms with van der Waals surface area (Å²) in [5.41, 5.74) is 1.54. The minimum Gasteiger partial charge on any atom is -0.462 e. The van der Waals surface area contributed by atoms with Crippen LogP contribution in [-0.4, -0.2) is 23.2 Å². The second-order valence-electron chi connectivity index (χ2n) is 3.67. The molecule has 0 aromatic heterocycles. The number of alkyl halides is 2. The van der Waals surface area contributed by atoms with Crippen molar-refractivity contribution in [1.82, 2.24) is 0 Å². The summed E-state index contributed by atoms with van der Waals surface area (Å²) < 4.78 is 4.98. The van der Waals surface area contributed by atoms with Crippen molar-refractivity contribution < 1.29 is 14.3 Å². The maximum Gasteiger partial charge on any atom is 0.338 e. The van der Waals surface area contributed by atoms with Gasteiger partial charge in [0.15, 0.2) is 5.78 Å². The number of rotatable bonds is 5. The number of benzene rings is 1. The molecule has 0 N–H and O–H groups in total. The topological polar surface area (TPSA) is 43.4 Å². The van der Waals surface area contributed by atoms with Crippen molar-refractivity contribution in [3.63, 3.8) is 0 Å². The zero-order valence-electron chi connectivity index (χ0n) is 10.2. The molecular formula is C13H14Br2O3. The van der Waals surface area contributed by atoms with E-state index in [-0.39, 0.29) is 17.2 Å². The van der Waals surface area contributed by atoms with Gasteiger partial charge in [-0.15, -0.1) is 0 Å². The van der Waals surface area contributed by atoms with Gasteiger partial charge in [0.05, 0.1) is 17.0 Å². The lowest BCUT2D eigenvalue weighted by atomic mass is 9.97. The number of hydrogen-bond acceptors (Lipinski definition) is 3. The normalized spacial score (nSPS) is 12.0. The van der Waals surface area contributed by atoms with Crippen LogP contribution >= 0.6 is 31.9 Å². The Labute approximate surface area is 123 Å². The zero-order chi connectivity index (χ0) is 13.7. The average molecular weight is 378 g/mol.